The predicted octanol–water partition coefficient (Wildman–Crippen LogP) is 12.1. The number of aliphatic hydroxyl groups excluding tert-OH is 2. The average Bonchev–Trinajstić information content (AvgIpc) is 3.15. The molecular formula is C46H94N2O7P+. The van der Waals surface area contributed by atoms with E-state index in [0.29, 0.717) is 30.3 Å². The van der Waals surface area contributed by atoms with Crippen molar-refractivity contribution in [1.82, 2.24) is 5.32 Å². The number of nitrogens with zero attached hydrogens (tertiary/aromatic N) is 1. The fourth-order valence-corrected chi connectivity index (χ4v) is 7.76. The summed E-state index contributed by atoms with van der Waals surface area (Å²) in [5, 5.41) is 24.7. The normalized spacial score (nSPS) is 14.9. The molecule has 4 N–H and O–H groups in total. The molecule has 0 rings (SSSR count). The standard InChI is InChI=1S/C46H93N2O7P/c1-6-8-10-12-14-16-18-20-21-22-23-24-25-26-27-29-31-33-35-37-39-45(50)47-43(42-55-56(52,53)54-41-40-48(3,4)5)46(51)44(49)38-36-34-32-30-28-19-17-15-13-11-9-7-2/h30,32,43-44,46,49,51H,6-29,31,33-42H2,1-5H3,(H-,47,50,52,53)/p+1/b32-30+. The Balaban J connectivity index is 4.39. The first kappa shape index (κ1) is 55.2. The zero-order chi connectivity index (χ0) is 41.6. The maximum Gasteiger partial charge on any atom is 0.472 e. The maximum atomic E-state index is 12.9. The van der Waals surface area contributed by atoms with Gasteiger partial charge in [0, 0.05) is 6.42 Å². The van der Waals surface area contributed by atoms with Crippen LogP contribution in [0.3, 0.4) is 0 Å². The first-order chi connectivity index (χ1) is 26.9. The molecule has 0 aliphatic rings. The second-order valence-electron chi connectivity index (χ2n) is 17.6. The number of hydrogen-bond acceptors (Lipinski definition) is 6. The van der Waals surface area contributed by atoms with Crippen LogP contribution in [-0.4, -0.2) is 84.6 Å². The van der Waals surface area contributed by atoms with Crippen molar-refractivity contribution in [2.75, 3.05) is 40.9 Å². The number of likely N-dealkylation sites (N-methyl/N-ethyl adjacent to an activating group) is 1. The van der Waals surface area contributed by atoms with Crippen LogP contribution in [0.2, 0.25) is 0 Å². The van der Waals surface area contributed by atoms with Crippen LogP contribution >= 0.6 is 7.82 Å². The summed E-state index contributed by atoms with van der Waals surface area (Å²) >= 11 is 0. The fraction of sp³-hybridized carbons (Fsp3) is 0.935. The molecular weight excluding hydrogens is 723 g/mol. The van der Waals surface area contributed by atoms with Crippen LogP contribution in [-0.2, 0) is 18.4 Å². The van der Waals surface area contributed by atoms with Gasteiger partial charge in [0.15, 0.2) is 0 Å². The van der Waals surface area contributed by atoms with Crippen molar-refractivity contribution >= 4 is 13.7 Å². The summed E-state index contributed by atoms with van der Waals surface area (Å²) in [5.74, 6) is -0.265. The number of phosphoric acid groups is 1. The van der Waals surface area contributed by atoms with Gasteiger partial charge in [0.2, 0.25) is 5.91 Å². The SMILES string of the molecule is CCCCCCCCC/C=C/CCCC(O)C(O)C(COP(=O)(O)OCC[N+](C)(C)C)NC(=O)CCCCCCCCCCCCCCCCCCCCCC. The highest BCUT2D eigenvalue weighted by Gasteiger charge is 2.31. The summed E-state index contributed by atoms with van der Waals surface area (Å²) in [6.07, 6.45) is 39.9. The van der Waals surface area contributed by atoms with E-state index in [1.54, 1.807) is 0 Å². The van der Waals surface area contributed by atoms with Crippen molar-refractivity contribution in [1.29, 1.82) is 0 Å². The van der Waals surface area contributed by atoms with Crippen molar-refractivity contribution in [3.63, 3.8) is 0 Å². The molecule has 0 saturated carbocycles. The summed E-state index contributed by atoms with van der Waals surface area (Å²) in [5.41, 5.74) is 0. The second kappa shape index (κ2) is 38.4. The van der Waals surface area contributed by atoms with E-state index in [4.69, 9.17) is 9.05 Å². The van der Waals surface area contributed by atoms with Gasteiger partial charge in [-0.05, 0) is 38.5 Å². The molecule has 0 aromatic rings. The molecule has 0 bridgehead atoms. The minimum Gasteiger partial charge on any atom is -0.390 e. The molecule has 0 aliphatic heterocycles. The number of carbonyl (C=O) groups excluding carboxylic acids is 1. The Morgan fingerprint density at radius 3 is 1.43 bits per heavy atom. The van der Waals surface area contributed by atoms with E-state index in [1.165, 1.54) is 154 Å². The van der Waals surface area contributed by atoms with Crippen molar-refractivity contribution < 1.29 is 38.0 Å². The molecule has 9 nitrogen and oxygen atoms in total. The first-order valence-corrected chi connectivity index (χ1v) is 25.1. The van der Waals surface area contributed by atoms with E-state index >= 15 is 0 Å². The molecule has 0 spiro atoms. The van der Waals surface area contributed by atoms with E-state index in [9.17, 15) is 24.5 Å². The fourth-order valence-electron chi connectivity index (χ4n) is 7.03. The van der Waals surface area contributed by atoms with Gasteiger partial charge in [-0.25, -0.2) is 4.57 Å². The molecule has 0 saturated heterocycles. The van der Waals surface area contributed by atoms with Crippen LogP contribution < -0.4 is 5.32 Å². The Kier molecular flexibility index (Phi) is 37.9. The lowest BCUT2D eigenvalue weighted by Gasteiger charge is -2.28. The van der Waals surface area contributed by atoms with Gasteiger partial charge in [-0.2, -0.15) is 0 Å². The molecule has 0 heterocycles. The Labute approximate surface area is 346 Å². The lowest BCUT2D eigenvalue weighted by molar-refractivity contribution is -0.870. The zero-order valence-electron chi connectivity index (χ0n) is 37.5. The molecule has 56 heavy (non-hydrogen) atoms. The molecule has 4 unspecified atom stereocenters. The number of quaternary nitrogens is 1. The number of hydrogen-bond donors (Lipinski definition) is 4. The number of unbranched alkanes of at least 4 members (excludes halogenated alkanes) is 27. The smallest absolute Gasteiger partial charge is 0.390 e. The number of nitrogens with one attached hydrogen (secondary N) is 1. The third-order valence-electron chi connectivity index (χ3n) is 10.9. The number of allylic oxidation sites excluding steroid dienone is 2. The predicted molar refractivity (Wildman–Crippen MR) is 237 cm³/mol. The summed E-state index contributed by atoms with van der Waals surface area (Å²) in [4.78, 5) is 23.2. The highest BCUT2D eigenvalue weighted by atomic mass is 31.2. The van der Waals surface area contributed by atoms with Gasteiger partial charge in [0.05, 0.1) is 39.9 Å². The van der Waals surface area contributed by atoms with Gasteiger partial charge in [-0.3, -0.25) is 13.8 Å². The van der Waals surface area contributed by atoms with E-state index in [1.807, 2.05) is 21.1 Å². The summed E-state index contributed by atoms with van der Waals surface area (Å²) in [6, 6.07) is -1.04. The van der Waals surface area contributed by atoms with Crippen molar-refractivity contribution in [2.24, 2.45) is 0 Å². The molecule has 0 aromatic heterocycles. The Morgan fingerprint density at radius 1 is 0.607 bits per heavy atom. The minimum atomic E-state index is -4.42. The Morgan fingerprint density at radius 2 is 1.00 bits per heavy atom. The molecule has 10 heteroatoms. The molecule has 1 amide bonds. The van der Waals surface area contributed by atoms with Crippen LogP contribution in [0.15, 0.2) is 12.2 Å². The summed E-state index contributed by atoms with van der Waals surface area (Å²) in [7, 11) is 1.43. The molecule has 0 aliphatic carbocycles. The third-order valence-corrected chi connectivity index (χ3v) is 11.8. The lowest BCUT2D eigenvalue weighted by Crippen LogP contribution is -2.51. The molecule has 0 aromatic carbocycles. The first-order valence-electron chi connectivity index (χ1n) is 23.6. The van der Waals surface area contributed by atoms with E-state index in [-0.39, 0.29) is 12.5 Å². The molecule has 4 atom stereocenters. The van der Waals surface area contributed by atoms with Crippen molar-refractivity contribution in [3.05, 3.63) is 12.2 Å². The number of amides is 1. The van der Waals surface area contributed by atoms with Gasteiger partial charge in [0.25, 0.3) is 0 Å². The highest BCUT2D eigenvalue weighted by molar-refractivity contribution is 7.47. The van der Waals surface area contributed by atoms with Gasteiger partial charge in [-0.15, -0.1) is 0 Å². The van der Waals surface area contributed by atoms with E-state index < -0.39 is 32.7 Å². The molecule has 0 fully saturated rings. The highest BCUT2D eigenvalue weighted by Crippen LogP contribution is 2.43. The summed E-state index contributed by atoms with van der Waals surface area (Å²) < 4.78 is 23.5. The monoisotopic (exact) mass is 818 g/mol. The van der Waals surface area contributed by atoms with Gasteiger partial charge in [0.1, 0.15) is 19.3 Å². The minimum absolute atomic E-state index is 0.0192. The van der Waals surface area contributed by atoms with Crippen molar-refractivity contribution in [2.45, 2.75) is 238 Å². The Bertz CT molecular complexity index is 945. The van der Waals surface area contributed by atoms with Crippen LogP contribution in [0, 0.1) is 0 Å². The van der Waals surface area contributed by atoms with Gasteiger partial charge in [-0.1, -0.05) is 187 Å². The topological polar surface area (TPSA) is 125 Å². The number of rotatable bonds is 43. The quantitative estimate of drug-likeness (QED) is 0.0209. The average molecular weight is 818 g/mol. The number of aliphatic hydroxyl groups is 2. The van der Waals surface area contributed by atoms with Crippen LogP contribution in [0.1, 0.15) is 219 Å². The lowest BCUT2D eigenvalue weighted by atomic mass is 10.0. The Hall–Kier alpha value is -0.800. The number of phosphoric ester groups is 1. The summed E-state index contributed by atoms with van der Waals surface area (Å²) in [6.45, 7) is 4.59. The third kappa shape index (κ3) is 38.7. The second-order valence-corrected chi connectivity index (χ2v) is 19.1. The van der Waals surface area contributed by atoms with Crippen LogP contribution in [0.5, 0.6) is 0 Å². The molecule has 334 valence electrons. The van der Waals surface area contributed by atoms with E-state index in [0.717, 1.165) is 32.1 Å². The van der Waals surface area contributed by atoms with E-state index in [2.05, 4.69) is 31.3 Å². The zero-order valence-corrected chi connectivity index (χ0v) is 38.4. The van der Waals surface area contributed by atoms with Gasteiger partial charge < -0.3 is 24.9 Å². The van der Waals surface area contributed by atoms with Gasteiger partial charge >= 0.3 is 7.82 Å². The molecule has 0 radical (unpaired) electrons. The van der Waals surface area contributed by atoms with Crippen LogP contribution in [0.25, 0.3) is 0 Å². The van der Waals surface area contributed by atoms with Crippen LogP contribution in [0.4, 0.5) is 0 Å². The van der Waals surface area contributed by atoms with Crippen molar-refractivity contribution in [3.8, 4) is 0 Å². The maximum absolute atomic E-state index is 12.9. The number of carbonyl (C=O) groups is 1. The largest absolute Gasteiger partial charge is 0.472 e.